The second-order valence-corrected chi connectivity index (χ2v) is 4.19. The second-order valence-electron chi connectivity index (χ2n) is 3.75. The molecule has 0 aliphatic carbocycles. The molecule has 2 atom stereocenters. The number of nitro groups is 1. The van der Waals surface area contributed by atoms with Gasteiger partial charge in [0.1, 0.15) is 6.10 Å². The summed E-state index contributed by atoms with van der Waals surface area (Å²) in [6, 6.07) is 3.58. The lowest BCUT2D eigenvalue weighted by atomic mass is 10.0. The number of nitrogens with zero attached hydrogens (tertiary/aromatic N) is 1. The summed E-state index contributed by atoms with van der Waals surface area (Å²) >= 11 is 5.70. The van der Waals surface area contributed by atoms with E-state index in [2.05, 4.69) is 4.74 Å². The van der Waals surface area contributed by atoms with E-state index in [0.29, 0.717) is 0 Å². The van der Waals surface area contributed by atoms with Crippen molar-refractivity contribution in [2.24, 2.45) is 0 Å². The summed E-state index contributed by atoms with van der Waals surface area (Å²) in [6.45, 7) is 0. The summed E-state index contributed by atoms with van der Waals surface area (Å²) < 4.78 is 4.34. The Kier molecular flexibility index (Phi) is 5.22. The van der Waals surface area contributed by atoms with E-state index < -0.39 is 29.5 Å². The summed E-state index contributed by atoms with van der Waals surface area (Å²) in [5.41, 5.74) is -0.547. The molecule has 0 saturated carbocycles. The predicted molar refractivity (Wildman–Crippen MR) is 65.7 cm³/mol. The number of carbonyl (C=O) groups is 1. The van der Waals surface area contributed by atoms with Gasteiger partial charge in [0.25, 0.3) is 5.69 Å². The molecule has 0 bridgehead atoms. The number of aliphatic hydroxyl groups is 2. The summed E-state index contributed by atoms with van der Waals surface area (Å²) in [6.07, 6.45) is -3.62. The minimum absolute atomic E-state index is 0.158. The van der Waals surface area contributed by atoms with E-state index in [1.165, 1.54) is 12.1 Å². The SMILES string of the molecule is COC(=O)CC(O)C(O)c1cc(Cl)ccc1[N+](=O)[O-]. The van der Waals surface area contributed by atoms with Crippen LogP contribution in [-0.4, -0.2) is 34.3 Å². The monoisotopic (exact) mass is 289 g/mol. The van der Waals surface area contributed by atoms with Gasteiger partial charge in [0.05, 0.1) is 30.1 Å². The zero-order chi connectivity index (χ0) is 14.6. The topological polar surface area (TPSA) is 110 Å². The van der Waals surface area contributed by atoms with E-state index in [0.717, 1.165) is 13.2 Å². The van der Waals surface area contributed by atoms with Crippen LogP contribution in [0.25, 0.3) is 0 Å². The Morgan fingerprint density at radius 3 is 2.68 bits per heavy atom. The van der Waals surface area contributed by atoms with Crippen molar-refractivity contribution >= 4 is 23.3 Å². The Morgan fingerprint density at radius 1 is 1.53 bits per heavy atom. The number of hydrogen-bond donors (Lipinski definition) is 2. The van der Waals surface area contributed by atoms with Gasteiger partial charge in [-0.05, 0) is 12.1 Å². The van der Waals surface area contributed by atoms with Crippen LogP contribution in [-0.2, 0) is 9.53 Å². The number of esters is 1. The summed E-state index contributed by atoms with van der Waals surface area (Å²) in [4.78, 5) is 21.1. The first-order valence-corrected chi connectivity index (χ1v) is 5.61. The highest BCUT2D eigenvalue weighted by Crippen LogP contribution is 2.30. The molecule has 0 heterocycles. The number of carbonyl (C=O) groups excluding carboxylic acids is 1. The van der Waals surface area contributed by atoms with Gasteiger partial charge in [0, 0.05) is 11.1 Å². The van der Waals surface area contributed by atoms with E-state index in [1.807, 2.05) is 0 Å². The summed E-state index contributed by atoms with van der Waals surface area (Å²) in [5.74, 6) is -0.740. The Hall–Kier alpha value is -1.70. The van der Waals surface area contributed by atoms with Crippen molar-refractivity contribution in [2.45, 2.75) is 18.6 Å². The molecule has 0 amide bonds. The number of rotatable bonds is 5. The van der Waals surface area contributed by atoms with Crippen LogP contribution in [0.3, 0.4) is 0 Å². The smallest absolute Gasteiger partial charge is 0.308 e. The first kappa shape index (κ1) is 15.4. The average molecular weight is 290 g/mol. The maximum Gasteiger partial charge on any atom is 0.308 e. The molecular weight excluding hydrogens is 278 g/mol. The number of nitro benzene ring substituents is 1. The van der Waals surface area contributed by atoms with Crippen LogP contribution in [0.1, 0.15) is 18.1 Å². The van der Waals surface area contributed by atoms with Crippen LogP contribution in [0.2, 0.25) is 5.02 Å². The van der Waals surface area contributed by atoms with Crippen LogP contribution in [0.15, 0.2) is 18.2 Å². The van der Waals surface area contributed by atoms with Gasteiger partial charge < -0.3 is 14.9 Å². The summed E-state index contributed by atoms with van der Waals surface area (Å²) in [7, 11) is 1.13. The summed E-state index contributed by atoms with van der Waals surface area (Å²) in [5, 5.41) is 30.5. The van der Waals surface area contributed by atoms with E-state index in [4.69, 9.17) is 11.6 Å². The molecule has 2 N–H and O–H groups in total. The molecule has 1 rings (SSSR count). The van der Waals surface area contributed by atoms with Gasteiger partial charge in [-0.3, -0.25) is 14.9 Å². The van der Waals surface area contributed by atoms with Crippen LogP contribution in [0.4, 0.5) is 5.69 Å². The quantitative estimate of drug-likeness (QED) is 0.479. The Morgan fingerprint density at radius 2 is 2.16 bits per heavy atom. The maximum atomic E-state index is 11.0. The van der Waals surface area contributed by atoms with E-state index >= 15 is 0 Å². The van der Waals surface area contributed by atoms with Crippen molar-refractivity contribution in [3.8, 4) is 0 Å². The first-order valence-electron chi connectivity index (χ1n) is 5.23. The minimum Gasteiger partial charge on any atom is -0.469 e. The Labute approximate surface area is 113 Å². The lowest BCUT2D eigenvalue weighted by Crippen LogP contribution is -2.23. The molecular formula is C11H12ClNO6. The van der Waals surface area contributed by atoms with Gasteiger partial charge >= 0.3 is 5.97 Å². The molecule has 8 heteroatoms. The zero-order valence-electron chi connectivity index (χ0n) is 9.95. The molecule has 1 aromatic rings. The van der Waals surface area contributed by atoms with Crippen molar-refractivity contribution in [2.75, 3.05) is 7.11 Å². The molecule has 1 aromatic carbocycles. The van der Waals surface area contributed by atoms with Crippen LogP contribution < -0.4 is 0 Å². The van der Waals surface area contributed by atoms with Gasteiger partial charge in [-0.25, -0.2) is 0 Å². The fourth-order valence-corrected chi connectivity index (χ4v) is 1.68. The molecule has 0 spiro atoms. The third-order valence-corrected chi connectivity index (χ3v) is 2.71. The number of halogens is 1. The highest BCUT2D eigenvalue weighted by atomic mass is 35.5. The van der Waals surface area contributed by atoms with Crippen LogP contribution in [0.5, 0.6) is 0 Å². The average Bonchev–Trinajstić information content (AvgIpc) is 2.36. The molecule has 19 heavy (non-hydrogen) atoms. The lowest BCUT2D eigenvalue weighted by Gasteiger charge is -2.17. The standard InChI is InChI=1S/C11H12ClNO6/c1-19-10(15)5-9(14)11(16)7-4-6(12)2-3-8(7)13(17)18/h2-4,9,11,14,16H,5H2,1H3. The van der Waals surface area contributed by atoms with E-state index in [-0.39, 0.29) is 16.3 Å². The van der Waals surface area contributed by atoms with Crippen molar-refractivity contribution in [1.29, 1.82) is 0 Å². The van der Waals surface area contributed by atoms with Crippen molar-refractivity contribution < 1.29 is 24.7 Å². The molecule has 0 aromatic heterocycles. The fourth-order valence-electron chi connectivity index (χ4n) is 1.50. The van der Waals surface area contributed by atoms with Crippen molar-refractivity contribution in [3.63, 3.8) is 0 Å². The third kappa shape index (κ3) is 3.88. The lowest BCUT2D eigenvalue weighted by molar-refractivity contribution is -0.386. The Bertz CT molecular complexity index is 492. The Balaban J connectivity index is 3.03. The first-order chi connectivity index (χ1) is 8.86. The van der Waals surface area contributed by atoms with E-state index in [1.54, 1.807) is 0 Å². The number of methoxy groups -OCH3 is 1. The highest BCUT2D eigenvalue weighted by Gasteiger charge is 2.28. The molecule has 7 nitrogen and oxygen atoms in total. The maximum absolute atomic E-state index is 11.0. The van der Waals surface area contributed by atoms with Gasteiger partial charge in [0.15, 0.2) is 0 Å². The molecule has 0 saturated heterocycles. The second kappa shape index (κ2) is 6.46. The third-order valence-electron chi connectivity index (χ3n) is 2.47. The largest absolute Gasteiger partial charge is 0.469 e. The zero-order valence-corrected chi connectivity index (χ0v) is 10.7. The predicted octanol–water partition coefficient (Wildman–Crippen LogP) is 1.21. The highest BCUT2D eigenvalue weighted by molar-refractivity contribution is 6.30. The molecule has 0 aliphatic rings. The molecule has 0 radical (unpaired) electrons. The molecule has 0 aliphatic heterocycles. The van der Waals surface area contributed by atoms with Gasteiger partial charge in [-0.1, -0.05) is 11.6 Å². The fraction of sp³-hybridized carbons (Fsp3) is 0.364. The van der Waals surface area contributed by atoms with Crippen molar-refractivity contribution in [1.82, 2.24) is 0 Å². The van der Waals surface area contributed by atoms with Crippen LogP contribution >= 0.6 is 11.6 Å². The van der Waals surface area contributed by atoms with Gasteiger partial charge in [-0.2, -0.15) is 0 Å². The van der Waals surface area contributed by atoms with Crippen molar-refractivity contribution in [3.05, 3.63) is 38.9 Å². The normalized spacial score (nSPS) is 13.7. The molecule has 104 valence electrons. The number of hydrogen-bond acceptors (Lipinski definition) is 6. The van der Waals surface area contributed by atoms with Gasteiger partial charge in [-0.15, -0.1) is 0 Å². The number of benzene rings is 1. The number of ether oxygens (including phenoxy) is 1. The minimum atomic E-state index is -1.61. The van der Waals surface area contributed by atoms with E-state index in [9.17, 15) is 25.1 Å². The number of aliphatic hydroxyl groups excluding tert-OH is 2. The molecule has 2 unspecified atom stereocenters. The van der Waals surface area contributed by atoms with Gasteiger partial charge in [0.2, 0.25) is 0 Å². The van der Waals surface area contributed by atoms with Crippen LogP contribution in [0, 0.1) is 10.1 Å². The molecule has 0 fully saturated rings.